The minimum absolute atomic E-state index is 0. The summed E-state index contributed by atoms with van der Waals surface area (Å²) >= 11 is 3.29. The largest absolute Gasteiger partial charge is 0.506 e. The highest BCUT2D eigenvalue weighted by Crippen LogP contribution is 2.48. The Balaban J connectivity index is 0.00000110. The molecule has 1 aliphatic heterocycles. The first-order valence-corrected chi connectivity index (χ1v) is 7.59. The quantitative estimate of drug-likeness (QED) is 0.813. The van der Waals surface area contributed by atoms with Crippen LogP contribution in [0.1, 0.15) is 24.4 Å². The van der Waals surface area contributed by atoms with Gasteiger partial charge in [-0.15, -0.1) is 24.8 Å². The number of aromatic hydroxyl groups is 1. The Hall–Kier alpha value is -0.0700. The second-order valence-corrected chi connectivity index (χ2v) is 6.21. The lowest BCUT2D eigenvalue weighted by molar-refractivity contribution is 0.150. The summed E-state index contributed by atoms with van der Waals surface area (Å²) in [5, 5.41) is 13.5. The van der Waals surface area contributed by atoms with E-state index in [0.29, 0.717) is 16.0 Å². The number of nitrogens with one attached hydrogen (secondary N) is 1. The smallest absolute Gasteiger partial charge is 0.137 e. The molecule has 1 heterocycles. The monoisotopic (exact) mass is 400 g/mol. The van der Waals surface area contributed by atoms with Crippen molar-refractivity contribution in [2.24, 2.45) is 5.92 Å². The molecule has 0 spiro atoms. The van der Waals surface area contributed by atoms with Crippen LogP contribution in [0, 0.1) is 11.7 Å². The number of phenols is 1. The summed E-state index contributed by atoms with van der Waals surface area (Å²) in [6.07, 6.45) is 2.25. The first-order chi connectivity index (χ1) is 9.18. The summed E-state index contributed by atoms with van der Waals surface area (Å²) in [6.45, 7) is 3.68. The molecule has 1 aromatic rings. The van der Waals surface area contributed by atoms with Gasteiger partial charge in [0.1, 0.15) is 11.6 Å². The highest BCUT2D eigenvalue weighted by Gasteiger charge is 2.39. The molecular formula is C14H20BrCl2FN2O. The normalized spacial score (nSPS) is 20.3. The van der Waals surface area contributed by atoms with Crippen molar-refractivity contribution >= 4 is 40.7 Å². The second-order valence-electron chi connectivity index (χ2n) is 5.36. The number of halogens is 4. The molecule has 2 fully saturated rings. The van der Waals surface area contributed by atoms with Gasteiger partial charge in [-0.1, -0.05) is 0 Å². The van der Waals surface area contributed by atoms with Gasteiger partial charge in [0.05, 0.1) is 4.47 Å². The minimum atomic E-state index is -0.295. The Kier molecular flexibility index (Phi) is 7.20. The lowest BCUT2D eigenvalue weighted by atomic mass is 9.98. The van der Waals surface area contributed by atoms with E-state index in [1.54, 1.807) is 6.07 Å². The SMILES string of the molecule is Cl.Cl.Oc1c(Br)ccc(F)c1[C@@H](C1CC1)N1CCNCC1. The third-order valence-corrected chi connectivity index (χ3v) is 4.66. The van der Waals surface area contributed by atoms with Crippen molar-refractivity contribution in [3.8, 4) is 5.75 Å². The van der Waals surface area contributed by atoms with Crippen LogP contribution in [0.5, 0.6) is 5.75 Å². The van der Waals surface area contributed by atoms with Gasteiger partial charge in [-0.3, -0.25) is 4.90 Å². The molecule has 2 N–H and O–H groups in total. The minimum Gasteiger partial charge on any atom is -0.506 e. The van der Waals surface area contributed by atoms with Crippen molar-refractivity contribution in [3.05, 3.63) is 28.0 Å². The zero-order chi connectivity index (χ0) is 13.4. The maximum atomic E-state index is 14.2. The molecule has 3 nitrogen and oxygen atoms in total. The fourth-order valence-corrected chi connectivity index (χ4v) is 3.27. The van der Waals surface area contributed by atoms with Crippen LogP contribution in [-0.4, -0.2) is 36.2 Å². The van der Waals surface area contributed by atoms with E-state index in [1.165, 1.54) is 6.07 Å². The fraction of sp³-hybridized carbons (Fsp3) is 0.571. The Bertz CT molecular complexity index is 482. The maximum Gasteiger partial charge on any atom is 0.137 e. The van der Waals surface area contributed by atoms with Gasteiger partial charge in [0, 0.05) is 37.8 Å². The van der Waals surface area contributed by atoms with Gasteiger partial charge in [-0.25, -0.2) is 4.39 Å². The second kappa shape index (κ2) is 7.97. The Morgan fingerprint density at radius 1 is 1.24 bits per heavy atom. The summed E-state index contributed by atoms with van der Waals surface area (Å²) in [7, 11) is 0. The van der Waals surface area contributed by atoms with Crippen LogP contribution < -0.4 is 5.32 Å². The van der Waals surface area contributed by atoms with Crippen LogP contribution >= 0.6 is 40.7 Å². The molecule has 0 aromatic heterocycles. The van der Waals surface area contributed by atoms with E-state index in [-0.39, 0.29) is 42.4 Å². The van der Waals surface area contributed by atoms with Crippen molar-refractivity contribution in [1.29, 1.82) is 0 Å². The van der Waals surface area contributed by atoms with E-state index in [9.17, 15) is 9.50 Å². The number of benzene rings is 1. The molecule has 3 rings (SSSR count). The van der Waals surface area contributed by atoms with Gasteiger partial charge in [-0.2, -0.15) is 0 Å². The van der Waals surface area contributed by atoms with E-state index in [1.807, 2.05) is 0 Å². The Morgan fingerprint density at radius 2 is 1.86 bits per heavy atom. The molecule has 2 aliphatic rings. The van der Waals surface area contributed by atoms with Gasteiger partial charge in [-0.05, 0) is 46.8 Å². The number of hydrogen-bond acceptors (Lipinski definition) is 3. The molecule has 0 radical (unpaired) electrons. The fourth-order valence-electron chi connectivity index (χ4n) is 2.93. The first-order valence-electron chi connectivity index (χ1n) is 6.80. The van der Waals surface area contributed by atoms with Crippen molar-refractivity contribution in [2.75, 3.05) is 26.2 Å². The Labute approximate surface area is 145 Å². The van der Waals surface area contributed by atoms with Crippen LogP contribution in [0.2, 0.25) is 0 Å². The van der Waals surface area contributed by atoms with E-state index < -0.39 is 0 Å². The van der Waals surface area contributed by atoms with Crippen LogP contribution in [0.15, 0.2) is 16.6 Å². The molecule has 21 heavy (non-hydrogen) atoms. The van der Waals surface area contributed by atoms with E-state index in [0.717, 1.165) is 39.0 Å². The molecule has 1 aromatic carbocycles. The third-order valence-electron chi connectivity index (χ3n) is 4.02. The summed E-state index contributed by atoms with van der Waals surface area (Å²) in [6, 6.07) is 3.02. The summed E-state index contributed by atoms with van der Waals surface area (Å²) in [4.78, 5) is 2.30. The number of nitrogens with zero attached hydrogens (tertiary/aromatic N) is 1. The van der Waals surface area contributed by atoms with Crippen molar-refractivity contribution in [3.63, 3.8) is 0 Å². The van der Waals surface area contributed by atoms with Gasteiger partial charge in [0.2, 0.25) is 0 Å². The molecule has 1 saturated carbocycles. The van der Waals surface area contributed by atoms with Crippen LogP contribution in [-0.2, 0) is 0 Å². The summed E-state index contributed by atoms with van der Waals surface area (Å²) in [5.41, 5.74) is 0.471. The summed E-state index contributed by atoms with van der Waals surface area (Å²) in [5.74, 6) is 0.249. The van der Waals surface area contributed by atoms with Crippen LogP contribution in [0.3, 0.4) is 0 Å². The van der Waals surface area contributed by atoms with E-state index in [2.05, 4.69) is 26.1 Å². The summed E-state index contributed by atoms with van der Waals surface area (Å²) < 4.78 is 14.8. The highest BCUT2D eigenvalue weighted by molar-refractivity contribution is 9.10. The van der Waals surface area contributed by atoms with Gasteiger partial charge < -0.3 is 10.4 Å². The molecular weight excluding hydrogens is 382 g/mol. The first kappa shape index (κ1) is 19.0. The highest BCUT2D eigenvalue weighted by atomic mass is 79.9. The molecule has 0 bridgehead atoms. The average molecular weight is 402 g/mol. The molecule has 1 aliphatic carbocycles. The maximum absolute atomic E-state index is 14.2. The zero-order valence-corrected chi connectivity index (χ0v) is 14.7. The molecule has 1 atom stereocenters. The predicted molar refractivity (Wildman–Crippen MR) is 90.2 cm³/mol. The van der Waals surface area contributed by atoms with Gasteiger partial charge in [0.25, 0.3) is 0 Å². The average Bonchev–Trinajstić information content (AvgIpc) is 3.24. The number of phenolic OH excluding ortho intramolecular Hbond substituents is 1. The molecule has 120 valence electrons. The Morgan fingerprint density at radius 3 is 2.43 bits per heavy atom. The predicted octanol–water partition coefficient (Wildman–Crippen LogP) is 3.49. The third kappa shape index (κ3) is 4.02. The van der Waals surface area contributed by atoms with Gasteiger partial charge in [0.15, 0.2) is 0 Å². The number of rotatable bonds is 3. The molecule has 1 saturated heterocycles. The van der Waals surface area contributed by atoms with Crippen molar-refractivity contribution in [2.45, 2.75) is 18.9 Å². The lowest BCUT2D eigenvalue weighted by Gasteiger charge is -2.36. The van der Waals surface area contributed by atoms with Gasteiger partial charge >= 0.3 is 0 Å². The topological polar surface area (TPSA) is 35.5 Å². The molecule has 7 heteroatoms. The number of piperazine rings is 1. The number of hydrogen-bond donors (Lipinski definition) is 2. The molecule has 0 unspecified atom stereocenters. The molecule has 0 amide bonds. The zero-order valence-electron chi connectivity index (χ0n) is 11.5. The standard InChI is InChI=1S/C14H18BrFN2O.2ClH/c15-10-3-4-11(16)12(14(10)19)13(9-1-2-9)18-7-5-17-6-8-18;;/h3-4,9,13,17,19H,1-2,5-8H2;2*1H/t13-;;/m1../s1. The lowest BCUT2D eigenvalue weighted by Crippen LogP contribution is -2.45. The van der Waals surface area contributed by atoms with Crippen molar-refractivity contribution in [1.82, 2.24) is 10.2 Å². The van der Waals surface area contributed by atoms with Crippen LogP contribution in [0.25, 0.3) is 0 Å². The van der Waals surface area contributed by atoms with Crippen LogP contribution in [0.4, 0.5) is 4.39 Å². The van der Waals surface area contributed by atoms with Crippen molar-refractivity contribution < 1.29 is 9.50 Å². The van der Waals surface area contributed by atoms with E-state index in [4.69, 9.17) is 0 Å². The van der Waals surface area contributed by atoms with E-state index >= 15 is 0 Å².